The number of nitrogens with one attached hydrogen (secondary N) is 1. The van der Waals surface area contributed by atoms with Gasteiger partial charge in [-0.15, -0.1) is 0 Å². The number of benzene rings is 2. The van der Waals surface area contributed by atoms with Crippen LogP contribution in [0.4, 0.5) is 0 Å². The molecule has 1 atom stereocenters. The number of hydrogen-bond acceptors (Lipinski definition) is 7. The average Bonchev–Trinajstić information content (AvgIpc) is 2.92. The second-order valence-corrected chi connectivity index (χ2v) is 13.7. The normalized spacial score (nSPS) is 17.7. The summed E-state index contributed by atoms with van der Waals surface area (Å²) in [6.07, 6.45) is 6.08. The molecule has 0 saturated heterocycles. The number of unbranched alkanes of at least 4 members (excludes halogenated alkanes) is 4. The molecule has 1 N–H and O–H groups in total. The molecule has 8 nitrogen and oxygen atoms in total. The first-order chi connectivity index (χ1) is 18.1. The Balaban J connectivity index is 2.20. The van der Waals surface area contributed by atoms with Crippen molar-refractivity contribution in [3.8, 4) is 5.75 Å². The van der Waals surface area contributed by atoms with Gasteiger partial charge in [-0.05, 0) is 59.1 Å². The van der Waals surface area contributed by atoms with Gasteiger partial charge < -0.3 is 13.8 Å². The molecule has 0 aromatic heterocycles. The largest absolute Gasteiger partial charge is 0.497 e. The molecule has 0 radical (unpaired) electrons. The number of hydrogen-bond donors (Lipinski definition) is 1. The molecule has 0 spiro atoms. The highest BCUT2D eigenvalue weighted by Crippen LogP contribution is 2.67. The quantitative estimate of drug-likeness (QED) is 0.169. The molecule has 0 amide bonds. The van der Waals surface area contributed by atoms with E-state index in [1.807, 2.05) is 13.8 Å². The highest BCUT2D eigenvalue weighted by molar-refractivity contribution is 9.12. The minimum atomic E-state index is -4.31. The van der Waals surface area contributed by atoms with Crippen LogP contribution in [-0.2, 0) is 28.9 Å². The van der Waals surface area contributed by atoms with E-state index in [1.54, 1.807) is 24.3 Å². The van der Waals surface area contributed by atoms with Gasteiger partial charge in [0.1, 0.15) is 5.75 Å². The first-order valence-electron chi connectivity index (χ1n) is 12.7. The number of fused-ring (bicyclic) bond motifs is 1. The summed E-state index contributed by atoms with van der Waals surface area (Å²) >= 11 is 3.29. The Labute approximate surface area is 233 Å². The van der Waals surface area contributed by atoms with Crippen molar-refractivity contribution in [1.82, 2.24) is 4.72 Å². The summed E-state index contributed by atoms with van der Waals surface area (Å²) in [5.74, 6) is 0.127. The van der Waals surface area contributed by atoms with Crippen LogP contribution in [0.3, 0.4) is 0 Å². The Morgan fingerprint density at radius 1 is 0.921 bits per heavy atom. The predicted octanol–water partition coefficient (Wildman–Crippen LogP) is 6.91. The van der Waals surface area contributed by atoms with Crippen molar-refractivity contribution >= 4 is 39.3 Å². The van der Waals surface area contributed by atoms with Crippen molar-refractivity contribution in [3.63, 3.8) is 0 Å². The van der Waals surface area contributed by atoms with Crippen molar-refractivity contribution in [2.75, 3.05) is 20.3 Å². The molecule has 0 saturated carbocycles. The fourth-order valence-electron chi connectivity index (χ4n) is 4.17. The van der Waals surface area contributed by atoms with Crippen molar-refractivity contribution in [3.05, 3.63) is 70.2 Å². The molecule has 2 aromatic carbocycles. The van der Waals surface area contributed by atoms with E-state index in [4.69, 9.17) is 13.8 Å². The van der Waals surface area contributed by atoms with Crippen LogP contribution in [0.25, 0.3) is 0 Å². The lowest BCUT2D eigenvalue weighted by atomic mass is 9.92. The lowest BCUT2D eigenvalue weighted by Gasteiger charge is -2.40. The average molecular weight is 629 g/mol. The molecule has 0 bridgehead atoms. The second-order valence-electron chi connectivity index (χ2n) is 8.99. The van der Waals surface area contributed by atoms with Crippen LogP contribution >= 0.6 is 23.5 Å². The third kappa shape index (κ3) is 6.66. The van der Waals surface area contributed by atoms with Gasteiger partial charge in [0.25, 0.3) is 0 Å². The Morgan fingerprint density at radius 2 is 1.50 bits per heavy atom. The first kappa shape index (κ1) is 30.7. The standard InChI is InChI=1S/C27H35BrNO7PS/c1-4-6-10-18-35-37(31,36-19-11-7-5-2)27(20-25(28)26(30)23-12-8-9-13-24(23)27)29-38(32,33)22-16-14-21(34-3)15-17-22/h8-9,12-17,20,29H,4-7,10-11,18-19H2,1-3H3. The molecule has 38 heavy (non-hydrogen) atoms. The summed E-state index contributed by atoms with van der Waals surface area (Å²) in [7, 11) is -7.12. The molecule has 1 aliphatic rings. The fourth-order valence-corrected chi connectivity index (χ4v) is 8.90. The van der Waals surface area contributed by atoms with E-state index in [-0.39, 0.29) is 39.5 Å². The molecular weight excluding hydrogens is 593 g/mol. The summed E-state index contributed by atoms with van der Waals surface area (Å²) in [5, 5.41) is -1.99. The maximum Gasteiger partial charge on any atom is 0.360 e. The lowest BCUT2D eigenvalue weighted by Crippen LogP contribution is -2.47. The molecule has 1 unspecified atom stereocenters. The van der Waals surface area contributed by atoms with Gasteiger partial charge in [-0.2, -0.15) is 4.72 Å². The number of carbonyl (C=O) groups is 1. The van der Waals surface area contributed by atoms with E-state index in [1.165, 1.54) is 37.5 Å². The van der Waals surface area contributed by atoms with Crippen molar-refractivity contribution in [2.24, 2.45) is 0 Å². The molecule has 2 aromatic rings. The molecule has 0 heterocycles. The smallest absolute Gasteiger partial charge is 0.360 e. The van der Waals surface area contributed by atoms with Crippen LogP contribution in [0.5, 0.6) is 5.75 Å². The number of carbonyl (C=O) groups excluding carboxylic acids is 1. The summed E-state index contributed by atoms with van der Waals surface area (Å²) < 4.78 is 62.4. The highest BCUT2D eigenvalue weighted by Gasteiger charge is 2.57. The van der Waals surface area contributed by atoms with Gasteiger partial charge in [-0.1, -0.05) is 63.8 Å². The van der Waals surface area contributed by atoms with E-state index < -0.39 is 22.9 Å². The second kappa shape index (κ2) is 13.5. The van der Waals surface area contributed by atoms with Crippen molar-refractivity contribution in [2.45, 2.75) is 62.5 Å². The van der Waals surface area contributed by atoms with Crippen LogP contribution in [0.2, 0.25) is 0 Å². The topological polar surface area (TPSA) is 108 Å². The first-order valence-corrected chi connectivity index (χ1v) is 16.6. The van der Waals surface area contributed by atoms with E-state index in [0.29, 0.717) is 18.6 Å². The molecule has 1 aliphatic carbocycles. The van der Waals surface area contributed by atoms with E-state index in [9.17, 15) is 17.8 Å². The third-order valence-electron chi connectivity index (χ3n) is 6.24. The van der Waals surface area contributed by atoms with Crippen LogP contribution in [-0.4, -0.2) is 34.5 Å². The maximum atomic E-state index is 14.9. The van der Waals surface area contributed by atoms with Crippen molar-refractivity contribution < 1.29 is 31.6 Å². The number of ether oxygens (including phenoxy) is 1. The number of methoxy groups -OCH3 is 1. The minimum Gasteiger partial charge on any atom is -0.497 e. The Morgan fingerprint density at radius 3 is 2.05 bits per heavy atom. The molecule has 0 aliphatic heterocycles. The zero-order valence-corrected chi connectivity index (χ0v) is 25.2. The Kier molecular flexibility index (Phi) is 10.9. The zero-order valence-electron chi connectivity index (χ0n) is 21.9. The summed E-state index contributed by atoms with van der Waals surface area (Å²) in [5.41, 5.74) is 0.411. The SMILES string of the molecule is CCCCCOP(=O)(OCCCCC)C1(NS(=O)(=O)c2ccc(OC)cc2)C=C(Br)C(=O)c2ccccc21. The van der Waals surface area contributed by atoms with Crippen molar-refractivity contribution in [1.29, 1.82) is 0 Å². The van der Waals surface area contributed by atoms with E-state index in [2.05, 4.69) is 20.7 Å². The Hall–Kier alpha value is -1.81. The van der Waals surface area contributed by atoms with Crippen LogP contribution in [0.1, 0.15) is 68.3 Å². The molecular formula is C27H35BrNO7PS. The number of rotatable bonds is 15. The number of ketones is 1. The number of Topliss-reactive ketones (excluding diaryl/α,β-unsaturated/α-hetero) is 1. The van der Waals surface area contributed by atoms with Crippen LogP contribution in [0.15, 0.2) is 64.0 Å². The highest BCUT2D eigenvalue weighted by atomic mass is 79.9. The lowest BCUT2D eigenvalue weighted by molar-refractivity contribution is 0.103. The molecule has 11 heteroatoms. The number of sulfonamides is 1. The monoisotopic (exact) mass is 627 g/mol. The van der Waals surface area contributed by atoms with Gasteiger partial charge >= 0.3 is 7.60 Å². The van der Waals surface area contributed by atoms with Gasteiger partial charge in [0.2, 0.25) is 10.0 Å². The van der Waals surface area contributed by atoms with Gasteiger partial charge in [-0.25, -0.2) is 8.42 Å². The Bertz CT molecular complexity index is 1280. The maximum absolute atomic E-state index is 14.9. The van der Waals surface area contributed by atoms with Gasteiger partial charge in [-0.3, -0.25) is 9.36 Å². The molecule has 208 valence electrons. The van der Waals surface area contributed by atoms with E-state index >= 15 is 0 Å². The number of halogens is 1. The zero-order chi connectivity index (χ0) is 27.8. The predicted molar refractivity (Wildman–Crippen MR) is 151 cm³/mol. The van der Waals surface area contributed by atoms with Gasteiger partial charge in [0, 0.05) is 11.1 Å². The molecule has 3 rings (SSSR count). The summed E-state index contributed by atoms with van der Waals surface area (Å²) in [6, 6.07) is 12.3. The van der Waals surface area contributed by atoms with Crippen LogP contribution < -0.4 is 9.46 Å². The van der Waals surface area contributed by atoms with Crippen LogP contribution in [0, 0.1) is 0 Å². The summed E-state index contributed by atoms with van der Waals surface area (Å²) in [6.45, 7) is 4.28. The van der Waals surface area contributed by atoms with Gasteiger partial charge in [0.05, 0.1) is 29.7 Å². The van der Waals surface area contributed by atoms with E-state index in [0.717, 1.165) is 25.7 Å². The molecule has 0 fully saturated rings. The minimum absolute atomic E-state index is 0.0585. The fraction of sp³-hybridized carbons (Fsp3) is 0.444. The van der Waals surface area contributed by atoms with Gasteiger partial charge in [0.15, 0.2) is 11.1 Å². The third-order valence-corrected chi connectivity index (χ3v) is 10.9. The number of allylic oxidation sites excluding steroid dienone is 1. The summed E-state index contributed by atoms with van der Waals surface area (Å²) in [4.78, 5) is 13.0.